The lowest BCUT2D eigenvalue weighted by atomic mass is 10.1. The van der Waals surface area contributed by atoms with Gasteiger partial charge in [-0.1, -0.05) is 0 Å². The number of hydrogen-bond donors (Lipinski definition) is 1. The molecule has 1 aromatic rings. The molecule has 0 fully saturated rings. The van der Waals surface area contributed by atoms with Gasteiger partial charge in [-0.25, -0.2) is 4.39 Å². The molecule has 2 N–H and O–H groups in total. The number of alkyl halides is 3. The summed E-state index contributed by atoms with van der Waals surface area (Å²) in [6.07, 6.45) is -4.73. The topological polar surface area (TPSA) is 35.2 Å². The number of nitrogens with two attached hydrogens (primary N) is 1. The summed E-state index contributed by atoms with van der Waals surface area (Å²) in [6.45, 7) is 0. The molecule has 2 nitrogen and oxygen atoms in total. The maximum absolute atomic E-state index is 12.9. The second-order valence-corrected chi connectivity index (χ2v) is 3.04. The lowest BCUT2D eigenvalue weighted by molar-refractivity contribution is -0.149. The van der Waals surface area contributed by atoms with Crippen LogP contribution in [0.2, 0.25) is 0 Å². The molecule has 0 amide bonds. The molecule has 0 heterocycles. The standard InChI is InChI=1S/C9H8F5NO/c1-16-6-3-4(2-5(10)7(6)11)8(15)9(12,13)14/h2-3,8H,15H2,1H3/t8-/m0/s1. The van der Waals surface area contributed by atoms with E-state index in [1.807, 2.05) is 0 Å². The van der Waals surface area contributed by atoms with Crippen molar-refractivity contribution in [2.75, 3.05) is 7.11 Å². The van der Waals surface area contributed by atoms with Crippen LogP contribution in [-0.4, -0.2) is 13.3 Å². The molecule has 0 aliphatic carbocycles. The van der Waals surface area contributed by atoms with E-state index in [1.54, 1.807) is 0 Å². The summed E-state index contributed by atoms with van der Waals surface area (Å²) in [5.74, 6) is -3.40. The van der Waals surface area contributed by atoms with Crippen molar-refractivity contribution in [1.82, 2.24) is 0 Å². The Hall–Kier alpha value is -1.37. The predicted octanol–water partition coefficient (Wildman–Crippen LogP) is 2.54. The first-order chi connectivity index (χ1) is 7.27. The highest BCUT2D eigenvalue weighted by Crippen LogP contribution is 2.33. The third-order valence-corrected chi connectivity index (χ3v) is 1.95. The normalized spacial score (nSPS) is 13.7. The maximum atomic E-state index is 12.9. The molecule has 16 heavy (non-hydrogen) atoms. The first-order valence-corrected chi connectivity index (χ1v) is 4.12. The molecule has 1 atom stereocenters. The van der Waals surface area contributed by atoms with Gasteiger partial charge in [-0.15, -0.1) is 0 Å². The van der Waals surface area contributed by atoms with E-state index in [1.165, 1.54) is 0 Å². The molecule has 0 unspecified atom stereocenters. The van der Waals surface area contributed by atoms with E-state index in [-0.39, 0.29) is 0 Å². The fourth-order valence-electron chi connectivity index (χ4n) is 1.10. The van der Waals surface area contributed by atoms with Crippen molar-refractivity contribution in [3.63, 3.8) is 0 Å². The Morgan fingerprint density at radius 3 is 2.25 bits per heavy atom. The number of benzene rings is 1. The van der Waals surface area contributed by atoms with E-state index in [2.05, 4.69) is 4.74 Å². The summed E-state index contributed by atoms with van der Waals surface area (Å²) < 4.78 is 66.9. The minimum Gasteiger partial charge on any atom is -0.494 e. The molecular formula is C9H8F5NO. The number of methoxy groups -OCH3 is 1. The molecular weight excluding hydrogens is 233 g/mol. The Balaban J connectivity index is 3.21. The van der Waals surface area contributed by atoms with Crippen LogP contribution in [-0.2, 0) is 0 Å². The fraction of sp³-hybridized carbons (Fsp3) is 0.333. The van der Waals surface area contributed by atoms with Gasteiger partial charge in [-0.05, 0) is 17.7 Å². The molecule has 1 aromatic carbocycles. The number of halogens is 5. The van der Waals surface area contributed by atoms with Crippen molar-refractivity contribution >= 4 is 0 Å². The highest BCUT2D eigenvalue weighted by atomic mass is 19.4. The van der Waals surface area contributed by atoms with Gasteiger partial charge >= 0.3 is 6.18 Å². The number of rotatable bonds is 2. The average Bonchev–Trinajstić information content (AvgIpc) is 2.19. The van der Waals surface area contributed by atoms with Gasteiger partial charge in [0.2, 0.25) is 5.82 Å². The Labute approximate surface area is 87.8 Å². The van der Waals surface area contributed by atoms with Crippen LogP contribution in [0.1, 0.15) is 11.6 Å². The quantitative estimate of drug-likeness (QED) is 0.807. The molecule has 0 bridgehead atoms. The molecule has 7 heteroatoms. The molecule has 0 aliphatic heterocycles. The van der Waals surface area contributed by atoms with Crippen LogP contribution in [0.4, 0.5) is 22.0 Å². The van der Waals surface area contributed by atoms with Crippen LogP contribution in [0.15, 0.2) is 12.1 Å². The summed E-state index contributed by atoms with van der Waals surface area (Å²) >= 11 is 0. The van der Waals surface area contributed by atoms with Gasteiger partial charge in [-0.2, -0.15) is 17.6 Å². The minimum absolute atomic E-state index is 0.399. The van der Waals surface area contributed by atoms with Crippen molar-refractivity contribution in [3.8, 4) is 5.75 Å². The molecule has 0 aromatic heterocycles. The van der Waals surface area contributed by atoms with Gasteiger partial charge in [0.1, 0.15) is 6.04 Å². The summed E-state index contributed by atoms with van der Waals surface area (Å²) in [4.78, 5) is 0. The zero-order chi connectivity index (χ0) is 12.5. The summed E-state index contributed by atoms with van der Waals surface area (Å²) in [7, 11) is 1.01. The van der Waals surface area contributed by atoms with Crippen molar-refractivity contribution < 1.29 is 26.7 Å². The molecule has 0 saturated carbocycles. The van der Waals surface area contributed by atoms with Crippen LogP contribution in [0, 0.1) is 11.6 Å². The Kier molecular flexibility index (Phi) is 3.37. The summed E-state index contributed by atoms with van der Waals surface area (Å²) in [5.41, 5.74) is 4.25. The smallest absolute Gasteiger partial charge is 0.407 e. The molecule has 0 spiro atoms. The summed E-state index contributed by atoms with van der Waals surface area (Å²) in [6, 6.07) is -1.26. The monoisotopic (exact) mass is 241 g/mol. The van der Waals surface area contributed by atoms with Gasteiger partial charge in [0.15, 0.2) is 11.6 Å². The van der Waals surface area contributed by atoms with Crippen molar-refractivity contribution in [2.24, 2.45) is 5.73 Å². The second kappa shape index (κ2) is 4.25. The van der Waals surface area contributed by atoms with E-state index in [0.29, 0.717) is 6.07 Å². The van der Waals surface area contributed by atoms with Gasteiger partial charge in [-0.3, -0.25) is 0 Å². The van der Waals surface area contributed by atoms with Crippen molar-refractivity contribution in [2.45, 2.75) is 12.2 Å². The van der Waals surface area contributed by atoms with Crippen LogP contribution >= 0.6 is 0 Å². The SMILES string of the molecule is COc1cc([C@H](N)C(F)(F)F)cc(F)c1F. The predicted molar refractivity (Wildman–Crippen MR) is 45.9 cm³/mol. The Bertz CT molecular complexity index is 390. The van der Waals surface area contributed by atoms with Crippen LogP contribution in [0.5, 0.6) is 5.75 Å². The van der Waals surface area contributed by atoms with Crippen molar-refractivity contribution in [3.05, 3.63) is 29.3 Å². The lowest BCUT2D eigenvalue weighted by Gasteiger charge is -2.16. The third kappa shape index (κ3) is 2.41. The minimum atomic E-state index is -4.73. The zero-order valence-corrected chi connectivity index (χ0v) is 8.11. The Morgan fingerprint density at radius 1 is 1.25 bits per heavy atom. The van der Waals surface area contributed by atoms with Gasteiger partial charge in [0, 0.05) is 0 Å². The summed E-state index contributed by atoms with van der Waals surface area (Å²) in [5, 5.41) is 0. The second-order valence-electron chi connectivity index (χ2n) is 3.04. The van der Waals surface area contributed by atoms with E-state index < -0.39 is 35.2 Å². The molecule has 1 rings (SSSR count). The largest absolute Gasteiger partial charge is 0.494 e. The van der Waals surface area contributed by atoms with Gasteiger partial charge in [0.05, 0.1) is 7.11 Å². The third-order valence-electron chi connectivity index (χ3n) is 1.95. The van der Waals surface area contributed by atoms with Crippen LogP contribution < -0.4 is 10.5 Å². The molecule has 0 radical (unpaired) electrons. The Morgan fingerprint density at radius 2 is 1.81 bits per heavy atom. The van der Waals surface area contributed by atoms with Gasteiger partial charge < -0.3 is 10.5 Å². The highest BCUT2D eigenvalue weighted by molar-refractivity contribution is 5.33. The van der Waals surface area contributed by atoms with Crippen LogP contribution in [0.25, 0.3) is 0 Å². The molecule has 0 aliphatic rings. The average molecular weight is 241 g/mol. The molecule has 90 valence electrons. The number of hydrogen-bond acceptors (Lipinski definition) is 2. The fourth-order valence-corrected chi connectivity index (χ4v) is 1.10. The first-order valence-electron chi connectivity index (χ1n) is 4.12. The van der Waals surface area contributed by atoms with E-state index in [4.69, 9.17) is 5.73 Å². The van der Waals surface area contributed by atoms with Gasteiger partial charge in [0.25, 0.3) is 0 Å². The number of ether oxygens (including phenoxy) is 1. The molecule has 0 saturated heterocycles. The van der Waals surface area contributed by atoms with E-state index in [0.717, 1.165) is 13.2 Å². The highest BCUT2D eigenvalue weighted by Gasteiger charge is 2.38. The lowest BCUT2D eigenvalue weighted by Crippen LogP contribution is -2.28. The first kappa shape index (κ1) is 12.7. The van der Waals surface area contributed by atoms with E-state index in [9.17, 15) is 22.0 Å². The van der Waals surface area contributed by atoms with E-state index >= 15 is 0 Å². The van der Waals surface area contributed by atoms with Crippen molar-refractivity contribution in [1.29, 1.82) is 0 Å². The van der Waals surface area contributed by atoms with Crippen LogP contribution in [0.3, 0.4) is 0 Å². The maximum Gasteiger partial charge on any atom is 0.407 e. The zero-order valence-electron chi connectivity index (χ0n) is 8.11.